The molecule has 0 aliphatic rings. The second kappa shape index (κ2) is 13.1. The maximum Gasteiger partial charge on any atom is 0.341 e. The molecule has 0 saturated carbocycles. The number of carbonyl (C=O) groups is 3. The molecule has 0 saturated heterocycles. The Morgan fingerprint density at radius 2 is 1.62 bits per heavy atom. The smallest absolute Gasteiger partial charge is 0.341 e. The molecule has 0 bridgehead atoms. The zero-order valence-electron chi connectivity index (χ0n) is 19.1. The third kappa shape index (κ3) is 8.12. The van der Waals surface area contributed by atoms with E-state index in [0.717, 1.165) is 12.1 Å². The van der Waals surface area contributed by atoms with Crippen LogP contribution < -0.4 is 15.5 Å². The highest BCUT2D eigenvalue weighted by molar-refractivity contribution is 6.36. The zero-order chi connectivity index (χ0) is 27.7. The van der Waals surface area contributed by atoms with E-state index >= 15 is 0 Å². The molecule has 194 valence electrons. The number of aromatic carboxylic acids is 2. The lowest BCUT2D eigenvalue weighted by Gasteiger charge is -2.07. The number of aromatic nitrogens is 1. The summed E-state index contributed by atoms with van der Waals surface area (Å²) < 4.78 is 30.9. The van der Waals surface area contributed by atoms with Gasteiger partial charge in [0.2, 0.25) is 0 Å². The Hall–Kier alpha value is -4.29. The third-order valence-corrected chi connectivity index (χ3v) is 4.92. The van der Waals surface area contributed by atoms with Gasteiger partial charge in [0.15, 0.2) is 5.75 Å². The number of nitrogens with zero attached hydrogens (tertiary/aromatic N) is 2. The van der Waals surface area contributed by atoms with Crippen LogP contribution >= 0.6 is 23.2 Å². The Labute approximate surface area is 218 Å². The number of hydrogen-bond acceptors (Lipinski definition) is 6. The summed E-state index contributed by atoms with van der Waals surface area (Å²) in [7, 11) is 1.34. The van der Waals surface area contributed by atoms with E-state index in [9.17, 15) is 23.2 Å². The molecule has 0 radical (unpaired) electrons. The predicted octanol–water partition coefficient (Wildman–Crippen LogP) is 5.30. The minimum absolute atomic E-state index is 0.0758. The molecular weight excluding hydrogens is 537 g/mol. The molecule has 4 N–H and O–H groups in total. The maximum absolute atomic E-state index is 13.0. The highest BCUT2D eigenvalue weighted by atomic mass is 35.5. The van der Waals surface area contributed by atoms with Gasteiger partial charge in [0.25, 0.3) is 0 Å². The van der Waals surface area contributed by atoms with Crippen molar-refractivity contribution in [1.82, 2.24) is 10.4 Å². The first-order chi connectivity index (χ1) is 17.4. The second-order valence-electron chi connectivity index (χ2n) is 6.87. The van der Waals surface area contributed by atoms with E-state index in [4.69, 9.17) is 38.2 Å². The maximum atomic E-state index is 13.0. The van der Waals surface area contributed by atoms with E-state index < -0.39 is 29.6 Å². The van der Waals surface area contributed by atoms with E-state index in [1.54, 1.807) is 0 Å². The Morgan fingerprint density at radius 1 is 1.00 bits per heavy atom. The van der Waals surface area contributed by atoms with Gasteiger partial charge in [-0.3, -0.25) is 4.98 Å². The van der Waals surface area contributed by atoms with Crippen LogP contribution in [0.15, 0.2) is 53.8 Å². The van der Waals surface area contributed by atoms with Crippen LogP contribution in [0.1, 0.15) is 33.3 Å². The molecule has 0 spiro atoms. The summed E-state index contributed by atoms with van der Waals surface area (Å²) >= 11 is 11.4. The summed E-state index contributed by atoms with van der Waals surface area (Å²) in [5.41, 5.74) is 2.04. The lowest BCUT2D eigenvalue weighted by atomic mass is 10.1. The summed E-state index contributed by atoms with van der Waals surface area (Å²) in [6.45, 7) is 1.46. The number of carboxylic acids is 2. The summed E-state index contributed by atoms with van der Waals surface area (Å²) in [5, 5.41) is 24.1. The molecule has 0 fully saturated rings. The minimum atomic E-state index is -1.19. The summed E-state index contributed by atoms with van der Waals surface area (Å²) in [4.78, 5) is 37.4. The van der Waals surface area contributed by atoms with Gasteiger partial charge in [-0.05, 0) is 43.3 Å². The zero-order valence-corrected chi connectivity index (χ0v) is 20.6. The molecule has 2 amide bonds. The number of amides is 2. The second-order valence-corrected chi connectivity index (χ2v) is 7.68. The van der Waals surface area contributed by atoms with Gasteiger partial charge in [-0.15, -0.1) is 0 Å². The van der Waals surface area contributed by atoms with Gasteiger partial charge in [0.05, 0.1) is 28.4 Å². The highest BCUT2D eigenvalue weighted by Crippen LogP contribution is 2.33. The molecule has 14 heteroatoms. The number of anilines is 1. The van der Waals surface area contributed by atoms with E-state index in [1.807, 2.05) is 0 Å². The number of carbonyl (C=O) groups excluding carboxylic acids is 1. The van der Waals surface area contributed by atoms with Crippen molar-refractivity contribution in [2.45, 2.75) is 6.92 Å². The Kier molecular flexibility index (Phi) is 10.3. The van der Waals surface area contributed by atoms with Crippen molar-refractivity contribution in [3.05, 3.63) is 87.2 Å². The van der Waals surface area contributed by atoms with Crippen molar-refractivity contribution in [3.8, 4) is 5.75 Å². The number of hydrogen-bond donors (Lipinski definition) is 4. The fraction of sp³-hybridized carbons (Fsp3) is 0.0870. The molecule has 0 unspecified atom stereocenters. The molecule has 3 aromatic rings. The first kappa shape index (κ1) is 28.9. The predicted molar refractivity (Wildman–Crippen MR) is 132 cm³/mol. The van der Waals surface area contributed by atoms with Crippen LogP contribution in [0.4, 0.5) is 19.3 Å². The number of benzene rings is 2. The number of hydrazone groups is 1. The van der Waals surface area contributed by atoms with Crippen molar-refractivity contribution in [3.63, 3.8) is 0 Å². The fourth-order valence-electron chi connectivity index (χ4n) is 2.77. The lowest BCUT2D eigenvalue weighted by Crippen LogP contribution is -2.26. The number of pyridine rings is 1. The van der Waals surface area contributed by atoms with E-state index in [-0.39, 0.29) is 44.0 Å². The van der Waals surface area contributed by atoms with Gasteiger partial charge in [-0.2, -0.15) is 5.10 Å². The van der Waals surface area contributed by atoms with Gasteiger partial charge in [-0.25, -0.2) is 28.6 Å². The van der Waals surface area contributed by atoms with Gasteiger partial charge < -0.3 is 20.3 Å². The van der Waals surface area contributed by atoms with Crippen LogP contribution in [0.25, 0.3) is 0 Å². The number of urea groups is 1. The molecule has 3 rings (SSSR count). The normalized spacial score (nSPS) is 10.6. The number of carboxylic acid groups (broad SMARTS) is 2. The van der Waals surface area contributed by atoms with Crippen molar-refractivity contribution in [2.24, 2.45) is 5.10 Å². The van der Waals surface area contributed by atoms with Gasteiger partial charge in [0, 0.05) is 18.0 Å². The first-order valence-corrected chi connectivity index (χ1v) is 10.7. The largest absolute Gasteiger partial charge is 0.494 e. The molecule has 0 aliphatic carbocycles. The van der Waals surface area contributed by atoms with E-state index in [0.29, 0.717) is 6.07 Å². The number of rotatable bonds is 6. The number of nitrogens with one attached hydrogen (secondary N) is 2. The first-order valence-electron chi connectivity index (χ1n) is 9.95. The minimum Gasteiger partial charge on any atom is -0.494 e. The molecular formula is C23H18Cl2F2N4O6. The van der Waals surface area contributed by atoms with Crippen LogP contribution in [-0.2, 0) is 0 Å². The van der Waals surface area contributed by atoms with Crippen molar-refractivity contribution in [1.29, 1.82) is 0 Å². The average molecular weight is 555 g/mol. The van der Waals surface area contributed by atoms with Gasteiger partial charge in [-0.1, -0.05) is 23.2 Å². The average Bonchev–Trinajstić information content (AvgIpc) is 2.83. The molecule has 37 heavy (non-hydrogen) atoms. The van der Waals surface area contributed by atoms with E-state index in [2.05, 4.69) is 20.8 Å². The number of methoxy groups -OCH3 is 1. The van der Waals surface area contributed by atoms with Crippen LogP contribution in [0.2, 0.25) is 10.0 Å². The molecule has 0 atom stereocenters. The lowest BCUT2D eigenvalue weighted by molar-refractivity contribution is 0.0683. The topological polar surface area (TPSA) is 150 Å². The number of ether oxygens (including phenoxy) is 1. The summed E-state index contributed by atoms with van der Waals surface area (Å²) in [5.74, 6) is -3.95. The Bertz CT molecular complexity index is 1350. The van der Waals surface area contributed by atoms with Crippen molar-refractivity contribution in [2.75, 3.05) is 12.4 Å². The SMILES string of the molecule is C/C(=N\NC(=O)Nc1cc(F)cc(F)c1)c1ncccc1C(=O)O.COc1c(Cl)ccc(Cl)c1C(=O)O. The Morgan fingerprint density at radius 3 is 2.16 bits per heavy atom. The highest BCUT2D eigenvalue weighted by Gasteiger charge is 2.18. The van der Waals surface area contributed by atoms with E-state index in [1.165, 1.54) is 44.5 Å². The van der Waals surface area contributed by atoms with Crippen LogP contribution in [0, 0.1) is 11.6 Å². The van der Waals surface area contributed by atoms with Crippen LogP contribution in [0.5, 0.6) is 5.75 Å². The Balaban J connectivity index is 0.000000312. The van der Waals surface area contributed by atoms with Crippen molar-refractivity contribution >= 4 is 52.6 Å². The third-order valence-electron chi connectivity index (χ3n) is 4.30. The molecule has 2 aromatic carbocycles. The quantitative estimate of drug-likeness (QED) is 0.238. The number of halogens is 4. The molecule has 10 nitrogen and oxygen atoms in total. The summed E-state index contributed by atoms with van der Waals surface area (Å²) in [6, 6.07) is 7.37. The molecule has 1 heterocycles. The van der Waals surface area contributed by atoms with Gasteiger partial charge >= 0.3 is 18.0 Å². The fourth-order valence-corrected chi connectivity index (χ4v) is 3.24. The summed E-state index contributed by atoms with van der Waals surface area (Å²) in [6.07, 6.45) is 1.39. The van der Waals surface area contributed by atoms with Crippen LogP contribution in [-0.4, -0.2) is 46.0 Å². The molecule has 1 aromatic heterocycles. The monoisotopic (exact) mass is 554 g/mol. The standard InChI is InChI=1S/C15H12F2N4O3.C8H6Cl2O3/c1-8(13-12(14(22)23)3-2-4-18-13)20-21-15(24)19-11-6-9(16)5-10(17)7-11;1-13-7-5(10)3-2-4(9)6(7)8(11)12/h2-7H,1H3,(H,22,23)(H2,19,21,24);2-3H,1H3,(H,11,12)/b20-8+;. The van der Waals surface area contributed by atoms with Crippen LogP contribution in [0.3, 0.4) is 0 Å². The molecule has 0 aliphatic heterocycles. The van der Waals surface area contributed by atoms with Gasteiger partial charge in [0.1, 0.15) is 22.9 Å². The van der Waals surface area contributed by atoms with Crippen molar-refractivity contribution < 1.29 is 38.1 Å².